The zero-order chi connectivity index (χ0) is 18.6. The molecule has 0 aliphatic heterocycles. The molecular weight excluding hydrogens is 378 g/mol. The highest BCUT2D eigenvalue weighted by molar-refractivity contribution is 7.16. The molecule has 1 N–H and O–H groups in total. The van der Waals surface area contributed by atoms with Crippen molar-refractivity contribution in [3.05, 3.63) is 62.6 Å². The Hall–Kier alpha value is -2.40. The van der Waals surface area contributed by atoms with E-state index in [0.29, 0.717) is 23.7 Å². The van der Waals surface area contributed by atoms with Gasteiger partial charge in [-0.1, -0.05) is 6.07 Å². The molecule has 0 atom stereocenters. The molecule has 7 heteroatoms. The van der Waals surface area contributed by atoms with Crippen molar-refractivity contribution in [1.82, 2.24) is 4.90 Å². The molecule has 0 bridgehead atoms. The van der Waals surface area contributed by atoms with Crippen LogP contribution in [-0.4, -0.2) is 17.4 Å². The highest BCUT2D eigenvalue weighted by Gasteiger charge is 2.23. The van der Waals surface area contributed by atoms with Crippen molar-refractivity contribution in [2.75, 3.05) is 11.9 Å². The van der Waals surface area contributed by atoms with Crippen molar-refractivity contribution in [3.8, 4) is 6.07 Å². The molecule has 4 rings (SSSR count). The van der Waals surface area contributed by atoms with Gasteiger partial charge in [0.2, 0.25) is 5.91 Å². The number of rotatable bonds is 7. The van der Waals surface area contributed by atoms with Crippen molar-refractivity contribution < 1.29 is 9.21 Å². The van der Waals surface area contributed by atoms with Crippen molar-refractivity contribution in [1.29, 1.82) is 5.26 Å². The minimum atomic E-state index is -0.102. The Kier molecular flexibility index (Phi) is 5.39. The average molecular weight is 398 g/mol. The van der Waals surface area contributed by atoms with E-state index in [1.165, 1.54) is 9.75 Å². The maximum atomic E-state index is 12.7. The molecule has 0 radical (unpaired) electrons. The topological polar surface area (TPSA) is 69.3 Å². The molecule has 0 spiro atoms. The third-order valence-electron chi connectivity index (χ3n) is 4.57. The molecule has 1 amide bonds. The summed E-state index contributed by atoms with van der Waals surface area (Å²) in [6, 6.07) is 10.1. The van der Waals surface area contributed by atoms with E-state index >= 15 is 0 Å². The van der Waals surface area contributed by atoms with Crippen LogP contribution in [-0.2, 0) is 30.7 Å². The Balaban J connectivity index is 1.46. The fraction of sp³-hybridized carbons (Fsp3) is 0.300. The number of fused-ring (bicyclic) bond motifs is 1. The fourth-order valence-corrected chi connectivity index (χ4v) is 5.40. The van der Waals surface area contributed by atoms with E-state index in [1.807, 2.05) is 28.5 Å². The Morgan fingerprint density at radius 3 is 2.96 bits per heavy atom. The number of nitrogens with one attached hydrogen (secondary N) is 1. The molecule has 1 aliphatic carbocycles. The van der Waals surface area contributed by atoms with Crippen LogP contribution in [0.25, 0.3) is 0 Å². The number of thiophene rings is 2. The van der Waals surface area contributed by atoms with Crippen LogP contribution in [0, 0.1) is 11.3 Å². The van der Waals surface area contributed by atoms with Crippen LogP contribution in [0.2, 0.25) is 0 Å². The maximum Gasteiger partial charge on any atom is 0.239 e. The second kappa shape index (κ2) is 8.09. The van der Waals surface area contributed by atoms with Crippen molar-refractivity contribution in [2.45, 2.75) is 32.4 Å². The van der Waals surface area contributed by atoms with Crippen LogP contribution in [0.1, 0.15) is 33.1 Å². The van der Waals surface area contributed by atoms with Gasteiger partial charge in [0, 0.05) is 16.3 Å². The van der Waals surface area contributed by atoms with Crippen LogP contribution in [0.3, 0.4) is 0 Å². The summed E-state index contributed by atoms with van der Waals surface area (Å²) in [6.07, 6.45) is 4.69. The number of carbonyl (C=O) groups is 1. The summed E-state index contributed by atoms with van der Waals surface area (Å²) in [5, 5.41) is 15.2. The van der Waals surface area contributed by atoms with Gasteiger partial charge in [-0.3, -0.25) is 9.69 Å². The molecule has 0 fully saturated rings. The number of amides is 1. The lowest BCUT2D eigenvalue weighted by Gasteiger charge is -2.20. The van der Waals surface area contributed by atoms with Gasteiger partial charge in [0.25, 0.3) is 0 Å². The van der Waals surface area contributed by atoms with Gasteiger partial charge in [0.05, 0.1) is 24.9 Å². The highest BCUT2D eigenvalue weighted by Crippen LogP contribution is 2.38. The van der Waals surface area contributed by atoms with Crippen LogP contribution in [0.4, 0.5) is 5.00 Å². The molecule has 0 unspecified atom stereocenters. The molecule has 138 valence electrons. The Labute approximate surface area is 165 Å². The van der Waals surface area contributed by atoms with E-state index in [0.717, 1.165) is 30.6 Å². The Bertz CT molecular complexity index is 916. The van der Waals surface area contributed by atoms with Gasteiger partial charge in [-0.05, 0) is 48.4 Å². The van der Waals surface area contributed by atoms with Crippen molar-refractivity contribution >= 4 is 33.6 Å². The Morgan fingerprint density at radius 1 is 1.30 bits per heavy atom. The first kappa shape index (κ1) is 18.0. The standard InChI is InChI=1S/C20H19N3O2S2/c21-10-17-16-6-1-7-18(16)27-20(17)22-19(24)13-23(11-14-4-2-8-25-14)12-15-5-3-9-26-15/h2-5,8-9H,1,6-7,11-13H2,(H,22,24). The second-order valence-corrected chi connectivity index (χ2v) is 8.66. The minimum Gasteiger partial charge on any atom is -0.468 e. The third-order valence-corrected chi connectivity index (χ3v) is 6.64. The van der Waals surface area contributed by atoms with Gasteiger partial charge in [0.15, 0.2) is 0 Å². The lowest BCUT2D eigenvalue weighted by molar-refractivity contribution is -0.117. The smallest absolute Gasteiger partial charge is 0.239 e. The number of anilines is 1. The summed E-state index contributed by atoms with van der Waals surface area (Å²) < 4.78 is 5.45. The lowest BCUT2D eigenvalue weighted by Crippen LogP contribution is -2.32. The first-order valence-electron chi connectivity index (χ1n) is 8.84. The van der Waals surface area contributed by atoms with Crippen LogP contribution in [0.15, 0.2) is 40.3 Å². The van der Waals surface area contributed by atoms with E-state index in [-0.39, 0.29) is 12.5 Å². The number of nitriles is 1. The molecule has 3 aromatic rings. The summed E-state index contributed by atoms with van der Waals surface area (Å²) in [5.74, 6) is 0.724. The predicted octanol–water partition coefficient (Wildman–Crippen LogP) is 4.40. The van der Waals surface area contributed by atoms with Gasteiger partial charge in [-0.2, -0.15) is 5.26 Å². The quantitative estimate of drug-likeness (QED) is 0.641. The van der Waals surface area contributed by atoms with Crippen LogP contribution in [0.5, 0.6) is 0 Å². The average Bonchev–Trinajstić information content (AvgIpc) is 3.40. The summed E-state index contributed by atoms with van der Waals surface area (Å²) in [6.45, 7) is 1.48. The highest BCUT2D eigenvalue weighted by atomic mass is 32.1. The SMILES string of the molecule is N#Cc1c(NC(=O)CN(Cc2ccco2)Cc2cccs2)sc2c1CCC2. The molecule has 0 saturated heterocycles. The summed E-state index contributed by atoms with van der Waals surface area (Å²) in [7, 11) is 0. The maximum absolute atomic E-state index is 12.7. The van der Waals surface area contributed by atoms with Gasteiger partial charge in [-0.25, -0.2) is 0 Å². The minimum absolute atomic E-state index is 0.102. The van der Waals surface area contributed by atoms with Crippen LogP contribution < -0.4 is 5.32 Å². The molecule has 27 heavy (non-hydrogen) atoms. The van der Waals surface area contributed by atoms with Gasteiger partial charge >= 0.3 is 0 Å². The van der Waals surface area contributed by atoms with E-state index < -0.39 is 0 Å². The van der Waals surface area contributed by atoms with Crippen molar-refractivity contribution in [3.63, 3.8) is 0 Å². The molecule has 5 nitrogen and oxygen atoms in total. The van der Waals surface area contributed by atoms with Gasteiger partial charge < -0.3 is 9.73 Å². The van der Waals surface area contributed by atoms with Gasteiger partial charge in [0.1, 0.15) is 16.8 Å². The van der Waals surface area contributed by atoms with E-state index in [2.05, 4.69) is 17.5 Å². The zero-order valence-corrected chi connectivity index (χ0v) is 16.4. The third kappa shape index (κ3) is 4.14. The van der Waals surface area contributed by atoms with Crippen LogP contribution >= 0.6 is 22.7 Å². The molecule has 3 aromatic heterocycles. The normalized spacial score (nSPS) is 12.9. The van der Waals surface area contributed by atoms with E-state index in [9.17, 15) is 10.1 Å². The number of nitrogens with zero attached hydrogens (tertiary/aromatic N) is 2. The summed E-state index contributed by atoms with van der Waals surface area (Å²) in [4.78, 5) is 17.2. The van der Waals surface area contributed by atoms with E-state index in [1.54, 1.807) is 28.9 Å². The fourth-order valence-electron chi connectivity index (χ4n) is 3.39. The first-order valence-corrected chi connectivity index (χ1v) is 10.5. The molecule has 0 aromatic carbocycles. The number of hydrogen-bond donors (Lipinski definition) is 1. The number of aryl methyl sites for hydroxylation is 1. The van der Waals surface area contributed by atoms with E-state index in [4.69, 9.17) is 4.42 Å². The number of carbonyl (C=O) groups excluding carboxylic acids is 1. The lowest BCUT2D eigenvalue weighted by atomic mass is 10.1. The number of furan rings is 1. The second-order valence-electron chi connectivity index (χ2n) is 6.53. The Morgan fingerprint density at radius 2 is 2.22 bits per heavy atom. The predicted molar refractivity (Wildman–Crippen MR) is 107 cm³/mol. The molecule has 0 saturated carbocycles. The zero-order valence-electron chi connectivity index (χ0n) is 14.7. The van der Waals surface area contributed by atoms with Gasteiger partial charge in [-0.15, -0.1) is 22.7 Å². The molecular formula is C20H19N3O2S2. The monoisotopic (exact) mass is 397 g/mol. The molecule has 1 aliphatic rings. The summed E-state index contributed by atoms with van der Waals surface area (Å²) >= 11 is 3.22. The molecule has 3 heterocycles. The first-order chi connectivity index (χ1) is 13.2. The van der Waals surface area contributed by atoms with Crippen molar-refractivity contribution in [2.24, 2.45) is 0 Å². The largest absolute Gasteiger partial charge is 0.468 e. The summed E-state index contributed by atoms with van der Waals surface area (Å²) in [5.41, 5.74) is 1.78. The number of hydrogen-bond acceptors (Lipinski definition) is 6.